The maximum Gasteiger partial charge on any atom is 0.123 e. The predicted molar refractivity (Wildman–Crippen MR) is 78.9 cm³/mol. The molecule has 2 N–H and O–H groups in total. The number of hydrogen-bond donors (Lipinski definition) is 1. The number of nitrogens with zero attached hydrogens (tertiary/aromatic N) is 1. The summed E-state index contributed by atoms with van der Waals surface area (Å²) in [5, 5.41) is 0. The monoisotopic (exact) mass is 264 g/mol. The van der Waals surface area contributed by atoms with E-state index in [1.54, 1.807) is 0 Å². The van der Waals surface area contributed by atoms with Gasteiger partial charge < -0.3 is 20.1 Å². The third-order valence-corrected chi connectivity index (χ3v) is 3.32. The van der Waals surface area contributed by atoms with Crippen molar-refractivity contribution in [2.45, 2.75) is 39.3 Å². The summed E-state index contributed by atoms with van der Waals surface area (Å²) in [6.07, 6.45) is 1.22. The smallest absolute Gasteiger partial charge is 0.123 e. The molecule has 1 aromatic rings. The molecular formula is C15H24N2O2. The fourth-order valence-electron chi connectivity index (χ4n) is 2.44. The average molecular weight is 264 g/mol. The fraction of sp³-hybridized carbons (Fsp3) is 0.600. The van der Waals surface area contributed by atoms with Gasteiger partial charge in [-0.25, -0.2) is 0 Å². The third kappa shape index (κ3) is 3.53. The highest BCUT2D eigenvalue weighted by atomic mass is 16.5. The van der Waals surface area contributed by atoms with Gasteiger partial charge in [0.2, 0.25) is 0 Å². The van der Waals surface area contributed by atoms with Gasteiger partial charge in [-0.3, -0.25) is 0 Å². The van der Waals surface area contributed by atoms with Crippen molar-refractivity contribution in [2.24, 2.45) is 0 Å². The van der Waals surface area contributed by atoms with Gasteiger partial charge in [-0.2, -0.15) is 0 Å². The Morgan fingerprint density at radius 3 is 2.89 bits per heavy atom. The van der Waals surface area contributed by atoms with Crippen LogP contribution in [0.25, 0.3) is 0 Å². The molecule has 0 aromatic heterocycles. The molecule has 0 bridgehead atoms. The van der Waals surface area contributed by atoms with Crippen molar-refractivity contribution in [1.29, 1.82) is 0 Å². The maximum atomic E-state index is 5.99. The minimum absolute atomic E-state index is 0.154. The van der Waals surface area contributed by atoms with E-state index in [-0.39, 0.29) is 6.10 Å². The molecule has 1 aliphatic rings. The van der Waals surface area contributed by atoms with E-state index in [0.29, 0.717) is 6.04 Å². The molecule has 0 amide bonds. The molecule has 1 fully saturated rings. The van der Waals surface area contributed by atoms with Crippen LogP contribution >= 0.6 is 0 Å². The zero-order valence-electron chi connectivity index (χ0n) is 12.1. The van der Waals surface area contributed by atoms with E-state index in [4.69, 9.17) is 15.2 Å². The molecule has 19 heavy (non-hydrogen) atoms. The van der Waals surface area contributed by atoms with Crippen LogP contribution in [0, 0.1) is 0 Å². The fourth-order valence-corrected chi connectivity index (χ4v) is 2.44. The van der Waals surface area contributed by atoms with E-state index in [2.05, 4.69) is 17.9 Å². The molecule has 2 rings (SSSR count). The number of benzene rings is 1. The second kappa shape index (κ2) is 6.15. The summed E-state index contributed by atoms with van der Waals surface area (Å²) in [5.41, 5.74) is 7.87. The summed E-state index contributed by atoms with van der Waals surface area (Å²) >= 11 is 0. The highest BCUT2D eigenvalue weighted by molar-refractivity contribution is 5.61. The Kier molecular flexibility index (Phi) is 4.53. The van der Waals surface area contributed by atoms with Crippen LogP contribution < -0.4 is 15.4 Å². The van der Waals surface area contributed by atoms with Crippen LogP contribution in [0.4, 0.5) is 11.4 Å². The lowest BCUT2D eigenvalue weighted by Gasteiger charge is -2.37. The zero-order chi connectivity index (χ0) is 13.8. The van der Waals surface area contributed by atoms with Gasteiger partial charge in [0.05, 0.1) is 25.4 Å². The van der Waals surface area contributed by atoms with Gasteiger partial charge in [0, 0.05) is 30.1 Å². The van der Waals surface area contributed by atoms with E-state index < -0.39 is 0 Å². The number of rotatable bonds is 4. The molecule has 1 unspecified atom stereocenters. The SMILES string of the molecule is CCC1COCCN1c1cc(N)cc(OC(C)C)c1. The lowest BCUT2D eigenvalue weighted by molar-refractivity contribution is 0.0929. The van der Waals surface area contributed by atoms with E-state index in [1.165, 1.54) is 0 Å². The largest absolute Gasteiger partial charge is 0.491 e. The molecule has 1 aromatic carbocycles. The topological polar surface area (TPSA) is 47.7 Å². The van der Waals surface area contributed by atoms with Gasteiger partial charge in [0.15, 0.2) is 0 Å². The van der Waals surface area contributed by atoms with E-state index in [0.717, 1.165) is 43.3 Å². The van der Waals surface area contributed by atoms with Crippen molar-refractivity contribution in [1.82, 2.24) is 0 Å². The molecule has 4 nitrogen and oxygen atoms in total. The van der Waals surface area contributed by atoms with Crippen LogP contribution in [0.3, 0.4) is 0 Å². The van der Waals surface area contributed by atoms with Crippen molar-refractivity contribution >= 4 is 11.4 Å². The number of hydrogen-bond acceptors (Lipinski definition) is 4. The Morgan fingerprint density at radius 2 is 2.21 bits per heavy atom. The molecular weight excluding hydrogens is 240 g/mol. The number of morpholine rings is 1. The maximum absolute atomic E-state index is 5.99. The third-order valence-electron chi connectivity index (χ3n) is 3.32. The number of ether oxygens (including phenoxy) is 2. The Labute approximate surface area is 115 Å². The minimum Gasteiger partial charge on any atom is -0.491 e. The summed E-state index contributed by atoms with van der Waals surface area (Å²) in [6.45, 7) is 8.68. The summed E-state index contributed by atoms with van der Waals surface area (Å²) in [5.74, 6) is 0.839. The minimum atomic E-state index is 0.154. The quantitative estimate of drug-likeness (QED) is 0.849. The zero-order valence-corrected chi connectivity index (χ0v) is 12.1. The van der Waals surface area contributed by atoms with Crippen LogP contribution in [0.15, 0.2) is 18.2 Å². The normalized spacial score (nSPS) is 19.8. The summed E-state index contributed by atoms with van der Waals surface area (Å²) in [4.78, 5) is 2.37. The number of nitrogen functional groups attached to an aromatic ring is 1. The predicted octanol–water partition coefficient (Wildman–Crippen LogP) is 2.67. The highest BCUT2D eigenvalue weighted by Gasteiger charge is 2.22. The van der Waals surface area contributed by atoms with Gasteiger partial charge in [0.1, 0.15) is 5.75 Å². The molecule has 1 saturated heterocycles. The van der Waals surface area contributed by atoms with Gasteiger partial charge in [0.25, 0.3) is 0 Å². The van der Waals surface area contributed by atoms with Gasteiger partial charge in [-0.15, -0.1) is 0 Å². The highest BCUT2D eigenvalue weighted by Crippen LogP contribution is 2.29. The van der Waals surface area contributed by atoms with Gasteiger partial charge in [-0.05, 0) is 26.3 Å². The first-order valence-corrected chi connectivity index (χ1v) is 7.01. The molecule has 0 saturated carbocycles. The van der Waals surface area contributed by atoms with Crippen LogP contribution in [-0.4, -0.2) is 31.9 Å². The molecule has 106 valence electrons. The Balaban J connectivity index is 2.24. The molecule has 1 aliphatic heterocycles. The van der Waals surface area contributed by atoms with E-state index in [9.17, 15) is 0 Å². The van der Waals surface area contributed by atoms with Crippen molar-refractivity contribution in [3.05, 3.63) is 18.2 Å². The summed E-state index contributed by atoms with van der Waals surface area (Å²) < 4.78 is 11.3. The molecule has 1 atom stereocenters. The molecule has 4 heteroatoms. The first-order valence-electron chi connectivity index (χ1n) is 7.01. The van der Waals surface area contributed by atoms with Crippen molar-refractivity contribution in [3.63, 3.8) is 0 Å². The Morgan fingerprint density at radius 1 is 1.42 bits per heavy atom. The molecule has 1 heterocycles. The second-order valence-electron chi connectivity index (χ2n) is 5.26. The van der Waals surface area contributed by atoms with Crippen molar-refractivity contribution < 1.29 is 9.47 Å². The number of nitrogens with two attached hydrogens (primary N) is 1. The van der Waals surface area contributed by atoms with Gasteiger partial charge in [-0.1, -0.05) is 6.92 Å². The van der Waals surface area contributed by atoms with Crippen molar-refractivity contribution in [2.75, 3.05) is 30.4 Å². The number of anilines is 2. The van der Waals surface area contributed by atoms with E-state index >= 15 is 0 Å². The lowest BCUT2D eigenvalue weighted by atomic mass is 10.1. The Hall–Kier alpha value is -1.42. The van der Waals surface area contributed by atoms with Crippen LogP contribution in [-0.2, 0) is 4.74 Å². The standard InChI is InChI=1S/C15H24N2O2/c1-4-13-10-18-6-5-17(13)14-7-12(16)8-15(9-14)19-11(2)3/h7-9,11,13H,4-6,10,16H2,1-3H3. The molecule has 0 aliphatic carbocycles. The second-order valence-corrected chi connectivity index (χ2v) is 5.26. The Bertz CT molecular complexity index is 421. The average Bonchev–Trinajstić information content (AvgIpc) is 2.37. The van der Waals surface area contributed by atoms with Gasteiger partial charge >= 0.3 is 0 Å². The first-order chi connectivity index (χ1) is 9.10. The van der Waals surface area contributed by atoms with Crippen LogP contribution in [0.2, 0.25) is 0 Å². The molecule has 0 radical (unpaired) electrons. The van der Waals surface area contributed by atoms with Crippen molar-refractivity contribution in [3.8, 4) is 5.75 Å². The van der Waals surface area contributed by atoms with Crippen LogP contribution in [0.5, 0.6) is 5.75 Å². The summed E-state index contributed by atoms with van der Waals surface area (Å²) in [6, 6.07) is 6.39. The summed E-state index contributed by atoms with van der Waals surface area (Å²) in [7, 11) is 0. The van der Waals surface area contributed by atoms with Crippen LogP contribution in [0.1, 0.15) is 27.2 Å². The van der Waals surface area contributed by atoms with E-state index in [1.807, 2.05) is 26.0 Å². The first kappa shape index (κ1) is 14.0. The molecule has 0 spiro atoms. The lowest BCUT2D eigenvalue weighted by Crippen LogP contribution is -2.45.